The van der Waals surface area contributed by atoms with E-state index < -0.39 is 0 Å². The third-order valence-corrected chi connectivity index (χ3v) is 3.97. The second kappa shape index (κ2) is 5.92. The van der Waals surface area contributed by atoms with Crippen LogP contribution in [0.5, 0.6) is 0 Å². The van der Waals surface area contributed by atoms with Gasteiger partial charge in [-0.2, -0.15) is 0 Å². The van der Waals surface area contributed by atoms with Crippen LogP contribution in [0.4, 0.5) is 0 Å². The Kier molecular flexibility index (Phi) is 4.47. The van der Waals surface area contributed by atoms with Crippen LogP contribution < -0.4 is 5.73 Å². The summed E-state index contributed by atoms with van der Waals surface area (Å²) >= 11 is 9.25. The summed E-state index contributed by atoms with van der Waals surface area (Å²) in [5, 5.41) is 0.518. The summed E-state index contributed by atoms with van der Waals surface area (Å²) in [6.07, 6.45) is 1.26. The largest absolute Gasteiger partial charge is 0.369 e. The quantitative estimate of drug-likeness (QED) is 0.895. The Balaban J connectivity index is 2.07. The molecule has 2 amide bonds. The lowest BCUT2D eigenvalue weighted by atomic mass is 9.96. The minimum Gasteiger partial charge on any atom is -0.369 e. The number of benzene rings is 1. The molecule has 0 saturated carbocycles. The monoisotopic (exact) mass is 344 g/mol. The molecule has 1 saturated heterocycles. The molecule has 19 heavy (non-hydrogen) atoms. The van der Waals surface area contributed by atoms with E-state index in [-0.39, 0.29) is 17.7 Å². The van der Waals surface area contributed by atoms with E-state index in [4.69, 9.17) is 17.3 Å². The zero-order chi connectivity index (χ0) is 14.0. The third-order valence-electron chi connectivity index (χ3n) is 3.29. The van der Waals surface area contributed by atoms with E-state index in [1.165, 1.54) is 0 Å². The topological polar surface area (TPSA) is 63.4 Å². The maximum Gasteiger partial charge on any atom is 0.253 e. The lowest BCUT2D eigenvalue weighted by Gasteiger charge is -2.30. The second-order valence-electron chi connectivity index (χ2n) is 4.63. The van der Waals surface area contributed by atoms with Gasteiger partial charge < -0.3 is 10.6 Å². The molecule has 1 fully saturated rings. The van der Waals surface area contributed by atoms with Crippen LogP contribution >= 0.6 is 27.5 Å². The van der Waals surface area contributed by atoms with Gasteiger partial charge in [-0.25, -0.2) is 0 Å². The van der Waals surface area contributed by atoms with Crippen molar-refractivity contribution in [2.45, 2.75) is 12.8 Å². The smallest absolute Gasteiger partial charge is 0.253 e. The Bertz CT molecular complexity index is 493. The molecular formula is C13H14BrClN2O2. The molecule has 1 aliphatic heterocycles. The lowest BCUT2D eigenvalue weighted by molar-refractivity contribution is -0.123. The predicted octanol–water partition coefficient (Wildman–Crippen LogP) is 2.44. The fraction of sp³-hybridized carbons (Fsp3) is 0.385. The van der Waals surface area contributed by atoms with Crippen molar-refractivity contribution in [1.82, 2.24) is 4.90 Å². The first kappa shape index (κ1) is 14.3. The molecule has 0 unspecified atom stereocenters. The van der Waals surface area contributed by atoms with Gasteiger partial charge in [0, 0.05) is 34.1 Å². The summed E-state index contributed by atoms with van der Waals surface area (Å²) in [4.78, 5) is 25.1. The summed E-state index contributed by atoms with van der Waals surface area (Å²) in [6.45, 7) is 1.10. The predicted molar refractivity (Wildman–Crippen MR) is 77.0 cm³/mol. The summed E-state index contributed by atoms with van der Waals surface area (Å²) in [7, 11) is 0. The van der Waals surface area contributed by atoms with E-state index in [0.29, 0.717) is 36.5 Å². The maximum absolute atomic E-state index is 12.3. The molecule has 1 aliphatic rings. The summed E-state index contributed by atoms with van der Waals surface area (Å²) < 4.78 is 0.773. The van der Waals surface area contributed by atoms with Gasteiger partial charge in [0.1, 0.15) is 0 Å². The Hall–Kier alpha value is -1.07. The first-order chi connectivity index (χ1) is 8.97. The van der Waals surface area contributed by atoms with E-state index in [1.807, 2.05) is 0 Å². The first-order valence-corrected chi connectivity index (χ1v) is 7.19. The number of nitrogens with two attached hydrogens (primary N) is 1. The van der Waals surface area contributed by atoms with Gasteiger partial charge in [0.15, 0.2) is 0 Å². The number of piperidine rings is 1. The highest BCUT2D eigenvalue weighted by molar-refractivity contribution is 9.10. The Morgan fingerprint density at radius 3 is 2.42 bits per heavy atom. The van der Waals surface area contributed by atoms with Crippen LogP contribution in [0, 0.1) is 5.92 Å². The number of hydrogen-bond acceptors (Lipinski definition) is 2. The number of nitrogens with zero attached hydrogens (tertiary/aromatic N) is 1. The van der Waals surface area contributed by atoms with Gasteiger partial charge in [0.2, 0.25) is 5.91 Å². The molecule has 1 aromatic carbocycles. The van der Waals surface area contributed by atoms with Crippen molar-refractivity contribution in [3.63, 3.8) is 0 Å². The molecule has 0 spiro atoms. The number of carbonyl (C=O) groups is 2. The van der Waals surface area contributed by atoms with E-state index in [0.717, 1.165) is 4.47 Å². The number of hydrogen-bond donors (Lipinski definition) is 1. The average molecular weight is 346 g/mol. The zero-order valence-electron chi connectivity index (χ0n) is 10.2. The van der Waals surface area contributed by atoms with E-state index in [9.17, 15) is 9.59 Å². The number of amides is 2. The van der Waals surface area contributed by atoms with Gasteiger partial charge in [-0.1, -0.05) is 27.5 Å². The summed E-state index contributed by atoms with van der Waals surface area (Å²) in [5.41, 5.74) is 5.83. The Morgan fingerprint density at radius 1 is 1.26 bits per heavy atom. The molecule has 102 valence electrons. The van der Waals surface area contributed by atoms with Crippen LogP contribution in [0.25, 0.3) is 0 Å². The molecule has 0 radical (unpaired) electrons. The van der Waals surface area contributed by atoms with Crippen molar-refractivity contribution in [2.24, 2.45) is 11.7 Å². The molecule has 0 atom stereocenters. The first-order valence-electron chi connectivity index (χ1n) is 6.02. The van der Waals surface area contributed by atoms with Gasteiger partial charge in [-0.3, -0.25) is 9.59 Å². The van der Waals surface area contributed by atoms with Crippen LogP contribution in [0.1, 0.15) is 23.2 Å². The highest BCUT2D eigenvalue weighted by atomic mass is 79.9. The van der Waals surface area contributed by atoms with E-state index in [2.05, 4.69) is 15.9 Å². The van der Waals surface area contributed by atoms with Gasteiger partial charge in [0.05, 0.1) is 0 Å². The van der Waals surface area contributed by atoms with Crippen molar-refractivity contribution in [2.75, 3.05) is 13.1 Å². The Labute approximate surface area is 125 Å². The number of likely N-dealkylation sites (tertiary alicyclic amines) is 1. The number of primary amides is 1. The molecule has 1 heterocycles. The fourth-order valence-corrected chi connectivity index (χ4v) is 3.09. The average Bonchev–Trinajstić information content (AvgIpc) is 2.37. The second-order valence-corrected chi connectivity index (χ2v) is 5.98. The van der Waals surface area contributed by atoms with Crippen molar-refractivity contribution in [1.29, 1.82) is 0 Å². The summed E-state index contributed by atoms with van der Waals surface area (Å²) in [5.74, 6) is -0.459. The molecule has 6 heteroatoms. The highest BCUT2D eigenvalue weighted by Crippen LogP contribution is 2.23. The summed E-state index contributed by atoms with van der Waals surface area (Å²) in [6, 6.07) is 5.13. The SMILES string of the molecule is NC(=O)C1CCN(C(=O)c2cc(Cl)cc(Br)c2)CC1. The fourth-order valence-electron chi connectivity index (χ4n) is 2.23. The van der Waals surface area contributed by atoms with Crippen molar-refractivity contribution in [3.05, 3.63) is 33.3 Å². The lowest BCUT2D eigenvalue weighted by Crippen LogP contribution is -2.41. The molecule has 0 aromatic heterocycles. The number of rotatable bonds is 2. The highest BCUT2D eigenvalue weighted by Gasteiger charge is 2.26. The van der Waals surface area contributed by atoms with Crippen molar-refractivity contribution >= 4 is 39.3 Å². The molecule has 2 N–H and O–H groups in total. The van der Waals surface area contributed by atoms with Crippen LogP contribution in [-0.2, 0) is 4.79 Å². The minimum absolute atomic E-state index is 0.0638. The normalized spacial score (nSPS) is 16.4. The molecule has 2 rings (SSSR count). The van der Waals surface area contributed by atoms with Crippen LogP contribution in [0.2, 0.25) is 5.02 Å². The van der Waals surface area contributed by atoms with E-state index >= 15 is 0 Å². The van der Waals surface area contributed by atoms with Crippen LogP contribution in [0.3, 0.4) is 0 Å². The van der Waals surface area contributed by atoms with Gasteiger partial charge in [-0.05, 0) is 31.0 Å². The van der Waals surface area contributed by atoms with E-state index in [1.54, 1.807) is 23.1 Å². The molecule has 0 aliphatic carbocycles. The molecule has 4 nitrogen and oxygen atoms in total. The molecular weight excluding hydrogens is 332 g/mol. The van der Waals surface area contributed by atoms with Gasteiger partial charge in [-0.15, -0.1) is 0 Å². The molecule has 1 aromatic rings. The van der Waals surface area contributed by atoms with Crippen LogP contribution in [0.15, 0.2) is 22.7 Å². The number of carbonyl (C=O) groups excluding carboxylic acids is 2. The molecule has 0 bridgehead atoms. The number of halogens is 2. The van der Waals surface area contributed by atoms with Crippen LogP contribution in [-0.4, -0.2) is 29.8 Å². The van der Waals surface area contributed by atoms with Gasteiger partial charge in [0.25, 0.3) is 5.91 Å². The third kappa shape index (κ3) is 3.48. The maximum atomic E-state index is 12.3. The Morgan fingerprint density at radius 2 is 1.89 bits per heavy atom. The van der Waals surface area contributed by atoms with Crippen molar-refractivity contribution in [3.8, 4) is 0 Å². The zero-order valence-corrected chi connectivity index (χ0v) is 12.6. The minimum atomic E-state index is -0.280. The van der Waals surface area contributed by atoms with Crippen molar-refractivity contribution < 1.29 is 9.59 Å². The van der Waals surface area contributed by atoms with Gasteiger partial charge >= 0.3 is 0 Å². The standard InChI is InChI=1S/C13H14BrClN2O2/c14-10-5-9(6-11(15)7-10)13(19)17-3-1-8(2-4-17)12(16)18/h5-8H,1-4H2,(H2,16,18).